The lowest BCUT2D eigenvalue weighted by atomic mass is 10.6. The van der Waals surface area contributed by atoms with Crippen LogP contribution < -0.4 is 0 Å². The molecule has 0 fully saturated rings. The van der Waals surface area contributed by atoms with Gasteiger partial charge in [0.25, 0.3) is 0 Å². The first-order valence-electron chi connectivity index (χ1n) is 4.87. The minimum Gasteiger partial charge on any atom is -0.460 e. The maximum atomic E-state index is 10.7. The van der Waals surface area contributed by atoms with Crippen molar-refractivity contribution < 1.29 is 28.5 Å². The number of carbonyl (C=O) groups is 2. The molecule has 0 saturated heterocycles. The average molecular weight is 232 g/mol. The number of hydrogen-bond donors (Lipinski definition) is 0. The van der Waals surface area contributed by atoms with Crippen molar-refractivity contribution >= 4 is 12.1 Å². The van der Waals surface area contributed by atoms with Crippen molar-refractivity contribution in [3.8, 4) is 0 Å². The molecule has 0 aliphatic carbocycles. The van der Waals surface area contributed by atoms with E-state index >= 15 is 0 Å². The second-order valence-electron chi connectivity index (χ2n) is 2.52. The van der Waals surface area contributed by atoms with Crippen LogP contribution in [0.25, 0.3) is 0 Å². The predicted octanol–water partition coefficient (Wildman–Crippen LogP) is 0.905. The summed E-state index contributed by atoms with van der Waals surface area (Å²) in [5.74, 6) is -0.494. The number of hydrogen-bond acceptors (Lipinski definition) is 6. The van der Waals surface area contributed by atoms with Gasteiger partial charge in [-0.3, -0.25) is 0 Å². The summed E-state index contributed by atoms with van der Waals surface area (Å²) in [7, 11) is 0. The molecule has 0 aliphatic rings. The minimum atomic E-state index is -0.718. The summed E-state index contributed by atoms with van der Waals surface area (Å²) in [4.78, 5) is 21.3. The van der Waals surface area contributed by atoms with E-state index < -0.39 is 12.1 Å². The molecule has 0 N–H and O–H groups in total. The molecule has 0 spiro atoms. The Kier molecular flexibility index (Phi) is 9.00. The zero-order valence-corrected chi connectivity index (χ0v) is 9.27. The van der Waals surface area contributed by atoms with E-state index in [4.69, 9.17) is 4.74 Å². The van der Waals surface area contributed by atoms with Crippen LogP contribution in [-0.2, 0) is 23.7 Å². The Balaban J connectivity index is 3.18. The van der Waals surface area contributed by atoms with Gasteiger partial charge in [-0.25, -0.2) is 9.59 Å². The summed E-state index contributed by atoms with van der Waals surface area (Å²) < 4.78 is 18.8. The van der Waals surface area contributed by atoms with Crippen molar-refractivity contribution in [3.63, 3.8) is 0 Å². The van der Waals surface area contributed by atoms with Crippen molar-refractivity contribution in [3.05, 3.63) is 12.7 Å². The van der Waals surface area contributed by atoms with E-state index in [1.807, 2.05) is 0 Å². The van der Waals surface area contributed by atoms with Crippen LogP contribution in [0.4, 0.5) is 4.79 Å². The van der Waals surface area contributed by atoms with Gasteiger partial charge in [0.05, 0.1) is 19.8 Å². The summed E-state index contributed by atoms with van der Waals surface area (Å²) >= 11 is 0. The third-order valence-electron chi connectivity index (χ3n) is 1.35. The average Bonchev–Trinajstić information content (AvgIpc) is 2.27. The fourth-order valence-corrected chi connectivity index (χ4v) is 0.706. The van der Waals surface area contributed by atoms with Crippen LogP contribution in [0.2, 0.25) is 0 Å². The molecule has 0 atom stereocenters. The van der Waals surface area contributed by atoms with Gasteiger partial charge in [0.1, 0.15) is 13.2 Å². The van der Waals surface area contributed by atoms with E-state index in [2.05, 4.69) is 20.8 Å². The van der Waals surface area contributed by atoms with E-state index in [1.54, 1.807) is 6.92 Å². The molecule has 0 amide bonds. The quantitative estimate of drug-likeness (QED) is 0.352. The second kappa shape index (κ2) is 9.97. The van der Waals surface area contributed by atoms with E-state index in [0.717, 1.165) is 6.08 Å². The first-order valence-corrected chi connectivity index (χ1v) is 4.87. The lowest BCUT2D eigenvalue weighted by Crippen LogP contribution is -2.14. The van der Waals surface area contributed by atoms with Gasteiger partial charge in [-0.05, 0) is 6.92 Å². The molecule has 0 aromatic rings. The van der Waals surface area contributed by atoms with Gasteiger partial charge < -0.3 is 18.9 Å². The lowest BCUT2D eigenvalue weighted by molar-refractivity contribution is -0.139. The highest BCUT2D eigenvalue weighted by molar-refractivity contribution is 5.81. The molecule has 0 heterocycles. The molecular formula is C10H16O6. The Morgan fingerprint density at radius 1 is 1.06 bits per heavy atom. The van der Waals surface area contributed by atoms with Gasteiger partial charge in [-0.1, -0.05) is 6.58 Å². The highest BCUT2D eigenvalue weighted by atomic mass is 16.7. The Bertz CT molecular complexity index is 225. The van der Waals surface area contributed by atoms with Crippen LogP contribution in [0.15, 0.2) is 12.7 Å². The zero-order valence-electron chi connectivity index (χ0n) is 9.27. The van der Waals surface area contributed by atoms with Crippen LogP contribution in [0, 0.1) is 0 Å². The fourth-order valence-electron chi connectivity index (χ4n) is 0.706. The van der Waals surface area contributed by atoms with E-state index in [9.17, 15) is 9.59 Å². The lowest BCUT2D eigenvalue weighted by Gasteiger charge is -2.05. The van der Waals surface area contributed by atoms with Crippen LogP contribution in [0.1, 0.15) is 6.92 Å². The van der Waals surface area contributed by atoms with E-state index in [0.29, 0.717) is 0 Å². The van der Waals surface area contributed by atoms with E-state index in [1.165, 1.54) is 0 Å². The van der Waals surface area contributed by atoms with Crippen LogP contribution in [0.3, 0.4) is 0 Å². The largest absolute Gasteiger partial charge is 0.508 e. The van der Waals surface area contributed by atoms with Crippen molar-refractivity contribution in [1.82, 2.24) is 0 Å². The molecule has 0 rings (SSSR count). The molecule has 0 unspecified atom stereocenters. The SMILES string of the molecule is C=CC(=O)OCCOCCOC(=O)OCC. The van der Waals surface area contributed by atoms with Crippen LogP contribution >= 0.6 is 0 Å². The Hall–Kier alpha value is -1.56. The van der Waals surface area contributed by atoms with Crippen molar-refractivity contribution in [2.45, 2.75) is 6.92 Å². The van der Waals surface area contributed by atoms with Gasteiger partial charge in [-0.2, -0.15) is 0 Å². The maximum absolute atomic E-state index is 10.7. The Labute approximate surface area is 94.1 Å². The highest BCUT2D eigenvalue weighted by Gasteiger charge is 2.01. The van der Waals surface area contributed by atoms with Gasteiger partial charge in [0.2, 0.25) is 0 Å². The normalized spacial score (nSPS) is 9.31. The van der Waals surface area contributed by atoms with Crippen LogP contribution in [0.5, 0.6) is 0 Å². The molecule has 6 heteroatoms. The standard InChI is InChI=1S/C10H16O6/c1-3-9(11)15-7-5-13-6-8-16-10(12)14-4-2/h3H,1,4-8H2,2H3. The molecule has 92 valence electrons. The summed E-state index contributed by atoms with van der Waals surface area (Å²) in [5.41, 5.74) is 0. The molecule has 6 nitrogen and oxygen atoms in total. The first-order chi connectivity index (χ1) is 7.70. The number of ether oxygens (including phenoxy) is 4. The molecule has 0 saturated carbocycles. The summed E-state index contributed by atoms with van der Waals surface area (Å²) in [6.07, 6.45) is 0.355. The number of carbonyl (C=O) groups excluding carboxylic acids is 2. The fraction of sp³-hybridized carbons (Fsp3) is 0.600. The molecular weight excluding hydrogens is 216 g/mol. The van der Waals surface area contributed by atoms with Gasteiger partial charge in [-0.15, -0.1) is 0 Å². The summed E-state index contributed by atoms with van der Waals surface area (Å²) in [6.45, 7) is 5.92. The monoisotopic (exact) mass is 232 g/mol. The molecule has 16 heavy (non-hydrogen) atoms. The zero-order chi connectivity index (χ0) is 12.2. The molecule has 0 bridgehead atoms. The summed E-state index contributed by atoms with van der Waals surface area (Å²) in [5, 5.41) is 0. The number of rotatable bonds is 8. The molecule has 0 aromatic heterocycles. The third kappa shape index (κ3) is 9.01. The topological polar surface area (TPSA) is 71.1 Å². The van der Waals surface area contributed by atoms with E-state index in [-0.39, 0.29) is 33.0 Å². The second-order valence-corrected chi connectivity index (χ2v) is 2.52. The van der Waals surface area contributed by atoms with Crippen molar-refractivity contribution in [1.29, 1.82) is 0 Å². The molecule has 0 aliphatic heterocycles. The highest BCUT2D eigenvalue weighted by Crippen LogP contribution is 1.86. The van der Waals surface area contributed by atoms with Crippen molar-refractivity contribution in [2.75, 3.05) is 33.0 Å². The van der Waals surface area contributed by atoms with Gasteiger partial charge in [0, 0.05) is 6.08 Å². The van der Waals surface area contributed by atoms with Crippen LogP contribution in [-0.4, -0.2) is 45.2 Å². The molecule has 0 radical (unpaired) electrons. The minimum absolute atomic E-state index is 0.105. The predicted molar refractivity (Wildman–Crippen MR) is 54.9 cm³/mol. The Morgan fingerprint density at radius 3 is 2.25 bits per heavy atom. The summed E-state index contributed by atoms with van der Waals surface area (Å²) in [6, 6.07) is 0. The van der Waals surface area contributed by atoms with Gasteiger partial charge in [0.15, 0.2) is 0 Å². The Morgan fingerprint density at radius 2 is 1.69 bits per heavy atom. The van der Waals surface area contributed by atoms with Gasteiger partial charge >= 0.3 is 12.1 Å². The number of esters is 1. The first kappa shape index (κ1) is 14.4. The third-order valence-corrected chi connectivity index (χ3v) is 1.35. The van der Waals surface area contributed by atoms with Crippen molar-refractivity contribution in [2.24, 2.45) is 0 Å². The molecule has 0 aromatic carbocycles. The smallest absolute Gasteiger partial charge is 0.460 e. The maximum Gasteiger partial charge on any atom is 0.508 e.